The quantitative estimate of drug-likeness (QED) is 0.772. The third-order valence-electron chi connectivity index (χ3n) is 2.81. The van der Waals surface area contributed by atoms with E-state index in [4.69, 9.17) is 39.2 Å². The van der Waals surface area contributed by atoms with Gasteiger partial charge in [-0.3, -0.25) is 0 Å². The first-order chi connectivity index (χ1) is 9.92. The van der Waals surface area contributed by atoms with Gasteiger partial charge < -0.3 is 14.5 Å². The average molecular weight is 349 g/mol. The number of esters is 1. The second-order valence-corrected chi connectivity index (χ2v) is 5.55. The minimum absolute atomic E-state index is 0.134. The topological polar surface area (TPSA) is 51.5 Å². The van der Waals surface area contributed by atoms with Crippen LogP contribution in [0.3, 0.4) is 0 Å². The number of methoxy groups -OCH3 is 1. The van der Waals surface area contributed by atoms with Gasteiger partial charge in [-0.15, -0.1) is 0 Å². The van der Waals surface area contributed by atoms with E-state index in [1.807, 2.05) is 6.92 Å². The van der Waals surface area contributed by atoms with Gasteiger partial charge in [-0.1, -0.05) is 34.8 Å². The largest absolute Gasteiger partial charge is 0.463 e. The smallest absolute Gasteiger partial charge is 0.373 e. The zero-order chi connectivity index (χ0) is 15.6. The Balaban J connectivity index is 2.20. The van der Waals surface area contributed by atoms with Crippen molar-refractivity contribution in [3.8, 4) is 0 Å². The molecular weight excluding hydrogens is 337 g/mol. The number of hydrogen-bond donors (Lipinski definition) is 1. The summed E-state index contributed by atoms with van der Waals surface area (Å²) in [6, 6.07) is 6.16. The van der Waals surface area contributed by atoms with Crippen molar-refractivity contribution in [3.05, 3.63) is 50.9 Å². The molecule has 0 aliphatic rings. The highest BCUT2D eigenvalue weighted by atomic mass is 35.5. The lowest BCUT2D eigenvalue weighted by Gasteiger charge is -2.16. The minimum Gasteiger partial charge on any atom is -0.463 e. The lowest BCUT2D eigenvalue weighted by molar-refractivity contribution is 0.0562. The zero-order valence-electron chi connectivity index (χ0n) is 11.2. The number of carbonyl (C=O) groups is 1. The molecule has 0 spiro atoms. The number of halogens is 3. The Hall–Kier alpha value is -1.36. The van der Waals surface area contributed by atoms with Crippen LogP contribution in [0.2, 0.25) is 15.1 Å². The van der Waals surface area contributed by atoms with Gasteiger partial charge in [-0.25, -0.2) is 4.79 Å². The fourth-order valence-electron chi connectivity index (χ4n) is 1.76. The van der Waals surface area contributed by atoms with Gasteiger partial charge in [0.15, 0.2) is 0 Å². The van der Waals surface area contributed by atoms with Crippen LogP contribution < -0.4 is 5.32 Å². The summed E-state index contributed by atoms with van der Waals surface area (Å²) in [6.45, 7) is 1.85. The van der Waals surface area contributed by atoms with E-state index < -0.39 is 5.97 Å². The SMILES string of the molecule is COC(=O)c1ccc(C(C)Nc2c(Cl)cc(Cl)cc2Cl)o1. The van der Waals surface area contributed by atoms with E-state index in [2.05, 4.69) is 10.1 Å². The summed E-state index contributed by atoms with van der Waals surface area (Å²) in [5.74, 6) is 0.156. The lowest BCUT2D eigenvalue weighted by Crippen LogP contribution is -2.07. The van der Waals surface area contributed by atoms with Crippen LogP contribution in [-0.4, -0.2) is 13.1 Å². The van der Waals surface area contributed by atoms with Crippen LogP contribution in [0.15, 0.2) is 28.7 Å². The Bertz CT molecular complexity index is 646. The summed E-state index contributed by atoms with van der Waals surface area (Å²) in [6.07, 6.45) is 0. The first-order valence-corrected chi connectivity index (χ1v) is 7.15. The molecule has 0 fully saturated rings. The van der Waals surface area contributed by atoms with Gasteiger partial charge in [0.2, 0.25) is 5.76 Å². The molecule has 1 aromatic heterocycles. The number of furan rings is 1. The van der Waals surface area contributed by atoms with Crippen molar-refractivity contribution in [3.63, 3.8) is 0 Å². The van der Waals surface area contributed by atoms with Crippen molar-refractivity contribution in [2.24, 2.45) is 0 Å². The van der Waals surface area contributed by atoms with E-state index in [9.17, 15) is 4.79 Å². The van der Waals surface area contributed by atoms with Crippen LogP contribution in [0.1, 0.15) is 29.3 Å². The molecule has 0 aliphatic carbocycles. The van der Waals surface area contributed by atoms with Gasteiger partial charge in [0.25, 0.3) is 0 Å². The number of anilines is 1. The number of nitrogens with one attached hydrogen (secondary N) is 1. The zero-order valence-corrected chi connectivity index (χ0v) is 13.5. The standard InChI is InChI=1S/C14H12Cl3NO3/c1-7(11-3-4-12(21-11)14(19)20-2)18-13-9(16)5-8(15)6-10(13)17/h3-7,18H,1-2H3. The Morgan fingerprint density at radius 3 is 2.43 bits per heavy atom. The van der Waals surface area contributed by atoms with E-state index in [0.29, 0.717) is 26.5 Å². The van der Waals surface area contributed by atoms with Gasteiger partial charge in [-0.05, 0) is 31.2 Å². The molecule has 0 saturated carbocycles. The summed E-state index contributed by atoms with van der Waals surface area (Å²) in [4.78, 5) is 11.4. The molecule has 0 bridgehead atoms. The molecule has 1 N–H and O–H groups in total. The van der Waals surface area contributed by atoms with Crippen LogP contribution in [0, 0.1) is 0 Å². The Morgan fingerprint density at radius 1 is 1.24 bits per heavy atom. The van der Waals surface area contributed by atoms with Crippen LogP contribution in [0.4, 0.5) is 5.69 Å². The molecular formula is C14H12Cl3NO3. The summed E-state index contributed by atoms with van der Waals surface area (Å²) in [5, 5.41) is 4.38. The molecule has 2 aromatic rings. The first-order valence-electron chi connectivity index (χ1n) is 6.01. The average Bonchev–Trinajstić information content (AvgIpc) is 2.91. The molecule has 1 atom stereocenters. The molecule has 1 unspecified atom stereocenters. The van der Waals surface area contributed by atoms with Gasteiger partial charge >= 0.3 is 5.97 Å². The number of ether oxygens (including phenoxy) is 1. The third kappa shape index (κ3) is 3.64. The van der Waals surface area contributed by atoms with Gasteiger partial charge in [0.1, 0.15) is 5.76 Å². The van der Waals surface area contributed by atoms with E-state index in [1.54, 1.807) is 24.3 Å². The first kappa shape index (κ1) is 16.0. The predicted octanol–water partition coefficient (Wildman–Crippen LogP) is 5.20. The summed E-state index contributed by atoms with van der Waals surface area (Å²) in [7, 11) is 1.29. The second kappa shape index (κ2) is 6.60. The predicted molar refractivity (Wildman–Crippen MR) is 83.6 cm³/mol. The fourth-order valence-corrected chi connectivity index (χ4v) is 2.69. The molecule has 0 saturated heterocycles. The van der Waals surface area contributed by atoms with Crippen LogP contribution in [0.25, 0.3) is 0 Å². The number of rotatable bonds is 4. The van der Waals surface area contributed by atoms with Crippen molar-refractivity contribution < 1.29 is 13.9 Å². The number of benzene rings is 1. The molecule has 21 heavy (non-hydrogen) atoms. The minimum atomic E-state index is -0.531. The Labute approximate surface area is 136 Å². The van der Waals surface area contributed by atoms with Crippen LogP contribution >= 0.6 is 34.8 Å². The van der Waals surface area contributed by atoms with Crippen molar-refractivity contribution in [2.75, 3.05) is 12.4 Å². The maximum absolute atomic E-state index is 11.4. The van der Waals surface area contributed by atoms with Crippen molar-refractivity contribution >= 4 is 46.5 Å². The molecule has 2 rings (SSSR count). The molecule has 0 aliphatic heterocycles. The Morgan fingerprint density at radius 2 is 1.86 bits per heavy atom. The van der Waals surface area contributed by atoms with Gasteiger partial charge in [0, 0.05) is 5.02 Å². The highest BCUT2D eigenvalue weighted by Gasteiger charge is 2.17. The maximum Gasteiger partial charge on any atom is 0.373 e. The summed E-state index contributed by atoms with van der Waals surface area (Å²) >= 11 is 18.1. The summed E-state index contributed by atoms with van der Waals surface area (Å²) in [5.41, 5.74) is 0.547. The maximum atomic E-state index is 11.4. The van der Waals surface area contributed by atoms with E-state index in [1.165, 1.54) is 7.11 Å². The molecule has 0 radical (unpaired) electrons. The number of carbonyl (C=O) groups excluding carboxylic acids is 1. The van der Waals surface area contributed by atoms with Crippen LogP contribution in [0.5, 0.6) is 0 Å². The van der Waals surface area contributed by atoms with Crippen molar-refractivity contribution in [1.29, 1.82) is 0 Å². The third-order valence-corrected chi connectivity index (χ3v) is 3.62. The van der Waals surface area contributed by atoms with Gasteiger partial charge in [-0.2, -0.15) is 0 Å². The van der Waals surface area contributed by atoms with Crippen LogP contribution in [-0.2, 0) is 4.74 Å². The Kier molecular flexibility index (Phi) is 5.04. The van der Waals surface area contributed by atoms with Crippen molar-refractivity contribution in [2.45, 2.75) is 13.0 Å². The fraction of sp³-hybridized carbons (Fsp3) is 0.214. The molecule has 1 aromatic carbocycles. The molecule has 7 heteroatoms. The summed E-state index contributed by atoms with van der Waals surface area (Å²) < 4.78 is 10.0. The van der Waals surface area contributed by atoms with Gasteiger partial charge in [0.05, 0.1) is 28.9 Å². The second-order valence-electron chi connectivity index (χ2n) is 4.30. The van der Waals surface area contributed by atoms with E-state index in [-0.39, 0.29) is 11.8 Å². The normalized spacial score (nSPS) is 12.0. The molecule has 1 heterocycles. The van der Waals surface area contributed by atoms with E-state index >= 15 is 0 Å². The van der Waals surface area contributed by atoms with E-state index in [0.717, 1.165) is 0 Å². The molecule has 4 nitrogen and oxygen atoms in total. The molecule has 112 valence electrons. The highest BCUT2D eigenvalue weighted by molar-refractivity contribution is 6.41. The lowest BCUT2D eigenvalue weighted by atomic mass is 10.2. The van der Waals surface area contributed by atoms with Crippen molar-refractivity contribution in [1.82, 2.24) is 0 Å². The highest BCUT2D eigenvalue weighted by Crippen LogP contribution is 2.36. The number of hydrogen-bond acceptors (Lipinski definition) is 4. The molecule has 0 amide bonds. The monoisotopic (exact) mass is 347 g/mol.